The van der Waals surface area contributed by atoms with E-state index in [0.717, 1.165) is 19.0 Å². The molecule has 1 aromatic rings. The molecule has 0 bridgehead atoms. The molecule has 1 saturated carbocycles. The molecule has 1 aromatic carbocycles. The van der Waals surface area contributed by atoms with Gasteiger partial charge < -0.3 is 10.6 Å². The first-order valence-electron chi connectivity index (χ1n) is 6.86. The Kier molecular flexibility index (Phi) is 6.62. The third-order valence-corrected chi connectivity index (χ3v) is 3.36. The van der Waals surface area contributed by atoms with E-state index in [-0.39, 0.29) is 24.0 Å². The molecule has 1 aliphatic rings. The van der Waals surface area contributed by atoms with Gasteiger partial charge in [-0.3, -0.25) is 4.99 Å². The van der Waals surface area contributed by atoms with Crippen LogP contribution < -0.4 is 10.6 Å². The fourth-order valence-electron chi connectivity index (χ4n) is 2.35. The van der Waals surface area contributed by atoms with Crippen molar-refractivity contribution >= 4 is 29.9 Å². The summed E-state index contributed by atoms with van der Waals surface area (Å²) in [5, 5.41) is 6.79. The van der Waals surface area contributed by atoms with Crippen LogP contribution in [0.5, 0.6) is 0 Å². The molecule has 2 atom stereocenters. The van der Waals surface area contributed by atoms with Crippen LogP contribution in [0.4, 0.5) is 0 Å². The lowest BCUT2D eigenvalue weighted by atomic mass is 10.0. The number of aryl methyl sites for hydroxylation is 1. The predicted molar refractivity (Wildman–Crippen MR) is 92.5 cm³/mol. The zero-order valence-electron chi connectivity index (χ0n) is 11.9. The van der Waals surface area contributed by atoms with Crippen LogP contribution in [0.1, 0.15) is 37.3 Å². The molecular formula is C15H24IN3. The zero-order chi connectivity index (χ0) is 13.0. The highest BCUT2D eigenvalue weighted by atomic mass is 127. The number of nitrogens with zero attached hydrogens (tertiary/aromatic N) is 1. The number of benzene rings is 1. The molecule has 3 nitrogen and oxygen atoms in total. The lowest BCUT2D eigenvalue weighted by Crippen LogP contribution is -2.39. The van der Waals surface area contributed by atoms with Crippen LogP contribution in [0.2, 0.25) is 0 Å². The van der Waals surface area contributed by atoms with E-state index in [0.29, 0.717) is 12.0 Å². The van der Waals surface area contributed by atoms with Crippen molar-refractivity contribution in [2.24, 2.45) is 4.99 Å². The van der Waals surface area contributed by atoms with E-state index in [4.69, 9.17) is 0 Å². The van der Waals surface area contributed by atoms with Crippen LogP contribution in [0, 0.1) is 6.92 Å². The molecule has 0 saturated heterocycles. The number of hydrogen-bond acceptors (Lipinski definition) is 1. The van der Waals surface area contributed by atoms with Crippen LogP contribution in [-0.4, -0.2) is 25.1 Å². The summed E-state index contributed by atoms with van der Waals surface area (Å²) in [7, 11) is 0. The van der Waals surface area contributed by atoms with Gasteiger partial charge in [0.15, 0.2) is 5.96 Å². The Morgan fingerprint density at radius 1 is 1.32 bits per heavy atom. The Bertz CT molecular complexity index is 431. The Hall–Kier alpha value is -0.780. The summed E-state index contributed by atoms with van der Waals surface area (Å²) in [5.74, 6) is 1.59. The molecule has 2 unspecified atom stereocenters. The first-order chi connectivity index (χ1) is 8.76. The lowest BCUT2D eigenvalue weighted by Gasteiger charge is -2.11. The fraction of sp³-hybridized carbons (Fsp3) is 0.533. The van der Waals surface area contributed by atoms with Gasteiger partial charge in [-0.15, -0.1) is 24.0 Å². The molecular weight excluding hydrogens is 349 g/mol. The molecule has 0 aliphatic heterocycles. The first kappa shape index (κ1) is 16.3. The van der Waals surface area contributed by atoms with Crippen molar-refractivity contribution in [1.29, 1.82) is 0 Å². The van der Waals surface area contributed by atoms with E-state index in [1.165, 1.54) is 17.5 Å². The fourth-order valence-corrected chi connectivity index (χ4v) is 2.35. The quantitative estimate of drug-likeness (QED) is 0.484. The van der Waals surface area contributed by atoms with Crippen LogP contribution in [0.25, 0.3) is 0 Å². The van der Waals surface area contributed by atoms with Gasteiger partial charge in [0.1, 0.15) is 0 Å². The van der Waals surface area contributed by atoms with E-state index in [2.05, 4.69) is 60.7 Å². The van der Waals surface area contributed by atoms with Gasteiger partial charge in [0.2, 0.25) is 0 Å². The Balaban J connectivity index is 0.00000180. The van der Waals surface area contributed by atoms with Crippen LogP contribution in [-0.2, 0) is 0 Å². The maximum Gasteiger partial charge on any atom is 0.191 e. The normalized spacial score (nSPS) is 21.5. The summed E-state index contributed by atoms with van der Waals surface area (Å²) >= 11 is 0. The van der Waals surface area contributed by atoms with E-state index in [9.17, 15) is 0 Å². The maximum atomic E-state index is 4.44. The highest BCUT2D eigenvalue weighted by molar-refractivity contribution is 14.0. The van der Waals surface area contributed by atoms with Crippen molar-refractivity contribution in [2.75, 3.05) is 13.1 Å². The number of hydrogen-bond donors (Lipinski definition) is 2. The molecule has 1 aliphatic carbocycles. The molecule has 0 radical (unpaired) electrons. The van der Waals surface area contributed by atoms with Crippen molar-refractivity contribution in [1.82, 2.24) is 10.6 Å². The second kappa shape index (κ2) is 7.72. The molecule has 2 rings (SSSR count). The topological polar surface area (TPSA) is 36.4 Å². The number of aliphatic imine (C=N–C) groups is 1. The number of guanidine groups is 1. The molecule has 4 heteroatoms. The van der Waals surface area contributed by atoms with Crippen molar-refractivity contribution in [3.05, 3.63) is 35.4 Å². The monoisotopic (exact) mass is 373 g/mol. The predicted octanol–water partition coefficient (Wildman–Crippen LogP) is 3.04. The Morgan fingerprint density at radius 2 is 2.05 bits per heavy atom. The largest absolute Gasteiger partial charge is 0.357 e. The third kappa shape index (κ3) is 4.37. The van der Waals surface area contributed by atoms with Crippen molar-refractivity contribution in [2.45, 2.75) is 39.2 Å². The minimum absolute atomic E-state index is 0. The van der Waals surface area contributed by atoms with Gasteiger partial charge in [0.25, 0.3) is 0 Å². The molecule has 106 valence electrons. The van der Waals surface area contributed by atoms with Gasteiger partial charge in [-0.25, -0.2) is 0 Å². The standard InChI is InChI=1S/C15H23N3.HI/c1-4-16-15(17-5-2)18-14-10-13(14)12-9-7-6-8-11(12)3;/h6-9,13-14H,4-5,10H2,1-3H3,(H2,16,17,18);1H. The molecule has 2 N–H and O–H groups in total. The van der Waals surface area contributed by atoms with Gasteiger partial charge >= 0.3 is 0 Å². The maximum absolute atomic E-state index is 4.44. The molecule has 0 heterocycles. The van der Waals surface area contributed by atoms with Crippen LogP contribution in [0.15, 0.2) is 29.3 Å². The minimum Gasteiger partial charge on any atom is -0.357 e. The van der Waals surface area contributed by atoms with Gasteiger partial charge in [0.05, 0.1) is 0 Å². The lowest BCUT2D eigenvalue weighted by molar-refractivity contribution is 0.797. The van der Waals surface area contributed by atoms with Crippen molar-refractivity contribution < 1.29 is 0 Å². The third-order valence-electron chi connectivity index (χ3n) is 3.36. The summed E-state index contributed by atoms with van der Waals surface area (Å²) in [5.41, 5.74) is 2.87. The summed E-state index contributed by atoms with van der Waals surface area (Å²) in [4.78, 5) is 4.44. The second-order valence-electron chi connectivity index (χ2n) is 4.80. The SMILES string of the molecule is CCN=C(NCC)NC1CC1c1ccccc1C.I. The first-order valence-corrected chi connectivity index (χ1v) is 6.86. The zero-order valence-corrected chi connectivity index (χ0v) is 14.3. The van der Waals surface area contributed by atoms with Gasteiger partial charge in [-0.05, 0) is 38.3 Å². The number of nitrogens with one attached hydrogen (secondary N) is 2. The molecule has 0 aromatic heterocycles. The highest BCUT2D eigenvalue weighted by Crippen LogP contribution is 2.41. The van der Waals surface area contributed by atoms with Gasteiger partial charge in [-0.2, -0.15) is 0 Å². The summed E-state index contributed by atoms with van der Waals surface area (Å²) in [6.45, 7) is 8.07. The molecule has 0 amide bonds. The average molecular weight is 373 g/mol. The summed E-state index contributed by atoms with van der Waals surface area (Å²) < 4.78 is 0. The van der Waals surface area contributed by atoms with E-state index >= 15 is 0 Å². The van der Waals surface area contributed by atoms with E-state index in [1.54, 1.807) is 0 Å². The second-order valence-corrected chi connectivity index (χ2v) is 4.80. The van der Waals surface area contributed by atoms with Crippen LogP contribution >= 0.6 is 24.0 Å². The molecule has 1 fully saturated rings. The Morgan fingerprint density at radius 3 is 2.68 bits per heavy atom. The molecule has 19 heavy (non-hydrogen) atoms. The Labute approximate surface area is 133 Å². The molecule has 0 spiro atoms. The minimum atomic E-state index is 0. The highest BCUT2D eigenvalue weighted by Gasteiger charge is 2.39. The van der Waals surface area contributed by atoms with Gasteiger partial charge in [0, 0.05) is 25.0 Å². The van der Waals surface area contributed by atoms with E-state index < -0.39 is 0 Å². The smallest absolute Gasteiger partial charge is 0.191 e. The average Bonchev–Trinajstić information content (AvgIpc) is 3.09. The van der Waals surface area contributed by atoms with Crippen molar-refractivity contribution in [3.8, 4) is 0 Å². The number of rotatable bonds is 4. The summed E-state index contributed by atoms with van der Waals surface area (Å²) in [6, 6.07) is 9.20. The summed E-state index contributed by atoms with van der Waals surface area (Å²) in [6.07, 6.45) is 1.21. The van der Waals surface area contributed by atoms with Crippen LogP contribution in [0.3, 0.4) is 0 Å². The van der Waals surface area contributed by atoms with Gasteiger partial charge in [-0.1, -0.05) is 24.3 Å². The van der Waals surface area contributed by atoms with E-state index in [1.807, 2.05) is 0 Å². The number of halogens is 1. The van der Waals surface area contributed by atoms with Crippen molar-refractivity contribution in [3.63, 3.8) is 0 Å².